The van der Waals surface area contributed by atoms with Crippen LogP contribution in [0.2, 0.25) is 5.02 Å². The zero-order valence-corrected chi connectivity index (χ0v) is 25.4. The molecule has 0 spiro atoms. The molecule has 1 aliphatic heterocycles. The van der Waals surface area contributed by atoms with Gasteiger partial charge in [0, 0.05) is 13.1 Å². The molecule has 1 N–H and O–H groups in total. The first-order valence-corrected chi connectivity index (χ1v) is 16.1. The zero-order valence-electron chi connectivity index (χ0n) is 23.0. The van der Waals surface area contributed by atoms with Gasteiger partial charge >= 0.3 is 0 Å². The molecule has 1 heterocycles. The maximum absolute atomic E-state index is 13.7. The third kappa shape index (κ3) is 6.78. The Balaban J connectivity index is 1.68. The number of ether oxygens (including phenoxy) is 2. The highest BCUT2D eigenvalue weighted by Crippen LogP contribution is 2.33. The van der Waals surface area contributed by atoms with Gasteiger partial charge in [-0.1, -0.05) is 35.7 Å². The van der Waals surface area contributed by atoms with Gasteiger partial charge in [-0.2, -0.15) is 4.31 Å². The fourth-order valence-electron chi connectivity index (χ4n) is 4.48. The largest absolute Gasteiger partial charge is 0.495 e. The average molecular weight is 622 g/mol. The van der Waals surface area contributed by atoms with Gasteiger partial charge in [0.1, 0.15) is 18.0 Å². The van der Waals surface area contributed by atoms with E-state index in [1.165, 1.54) is 67.1 Å². The van der Waals surface area contributed by atoms with E-state index in [0.717, 1.165) is 29.1 Å². The van der Waals surface area contributed by atoms with E-state index >= 15 is 0 Å². The van der Waals surface area contributed by atoms with E-state index in [2.05, 4.69) is 5.32 Å². The van der Waals surface area contributed by atoms with Gasteiger partial charge in [-0.05, 0) is 68.3 Å². The number of halogens is 1. The molecule has 3 aromatic rings. The summed E-state index contributed by atoms with van der Waals surface area (Å²) >= 11 is 6.30. The molecule has 0 radical (unpaired) electrons. The lowest BCUT2D eigenvalue weighted by atomic mass is 10.2. The number of nitrogens with one attached hydrogen (secondary N) is 1. The molecule has 41 heavy (non-hydrogen) atoms. The zero-order chi connectivity index (χ0) is 29.8. The van der Waals surface area contributed by atoms with E-state index < -0.39 is 32.5 Å². The Bertz CT molecular complexity index is 1620. The van der Waals surface area contributed by atoms with E-state index in [0.29, 0.717) is 18.8 Å². The molecular formula is C28H32ClN3O7S2. The Kier molecular flexibility index (Phi) is 9.48. The lowest BCUT2D eigenvalue weighted by Gasteiger charge is -2.26. The molecule has 0 atom stereocenters. The maximum Gasteiger partial charge on any atom is 0.264 e. The Morgan fingerprint density at radius 3 is 2.10 bits per heavy atom. The van der Waals surface area contributed by atoms with Gasteiger partial charge < -0.3 is 14.8 Å². The predicted molar refractivity (Wildman–Crippen MR) is 158 cm³/mol. The van der Waals surface area contributed by atoms with Crippen LogP contribution in [0.25, 0.3) is 0 Å². The van der Waals surface area contributed by atoms with E-state index in [1.54, 1.807) is 12.1 Å². The summed E-state index contributed by atoms with van der Waals surface area (Å²) in [5.41, 5.74) is 1.10. The number of carbonyl (C=O) groups excluding carboxylic acids is 1. The van der Waals surface area contributed by atoms with Crippen molar-refractivity contribution in [2.24, 2.45) is 0 Å². The maximum atomic E-state index is 13.7. The fraction of sp³-hybridized carbons (Fsp3) is 0.321. The van der Waals surface area contributed by atoms with Crippen LogP contribution in [0.1, 0.15) is 24.8 Å². The second-order valence-electron chi connectivity index (χ2n) is 9.52. The molecule has 3 aromatic carbocycles. The van der Waals surface area contributed by atoms with E-state index in [9.17, 15) is 21.6 Å². The van der Waals surface area contributed by atoms with Crippen molar-refractivity contribution in [1.82, 2.24) is 4.31 Å². The lowest BCUT2D eigenvalue weighted by molar-refractivity contribution is -0.114. The number of hydrogen-bond acceptors (Lipinski definition) is 7. The molecule has 1 amide bonds. The predicted octanol–water partition coefficient (Wildman–Crippen LogP) is 4.67. The molecule has 0 bridgehead atoms. The van der Waals surface area contributed by atoms with Gasteiger partial charge in [-0.3, -0.25) is 9.10 Å². The molecule has 4 rings (SSSR count). The smallest absolute Gasteiger partial charge is 0.264 e. The number of rotatable bonds is 10. The van der Waals surface area contributed by atoms with Crippen LogP contribution >= 0.6 is 11.6 Å². The van der Waals surface area contributed by atoms with Gasteiger partial charge in [-0.15, -0.1) is 0 Å². The average Bonchev–Trinajstić information content (AvgIpc) is 2.96. The molecule has 1 saturated heterocycles. The van der Waals surface area contributed by atoms with Gasteiger partial charge in [0.2, 0.25) is 15.9 Å². The second kappa shape index (κ2) is 12.7. The van der Waals surface area contributed by atoms with Crippen molar-refractivity contribution >= 4 is 48.9 Å². The van der Waals surface area contributed by atoms with Crippen LogP contribution in [0, 0.1) is 6.92 Å². The first kappa shape index (κ1) is 30.6. The van der Waals surface area contributed by atoms with Crippen molar-refractivity contribution in [2.75, 3.05) is 43.5 Å². The van der Waals surface area contributed by atoms with Crippen molar-refractivity contribution in [3.63, 3.8) is 0 Å². The number of aryl methyl sites for hydroxylation is 1. The molecule has 0 unspecified atom stereocenters. The summed E-state index contributed by atoms with van der Waals surface area (Å²) in [6.45, 7) is 2.04. The number of hydrogen-bond donors (Lipinski definition) is 1. The van der Waals surface area contributed by atoms with E-state index in [-0.39, 0.29) is 31.9 Å². The van der Waals surface area contributed by atoms with Gasteiger partial charge in [0.25, 0.3) is 10.0 Å². The number of amides is 1. The van der Waals surface area contributed by atoms with Gasteiger partial charge in [0.05, 0.1) is 40.4 Å². The molecule has 0 aromatic heterocycles. The molecule has 1 aliphatic rings. The van der Waals surface area contributed by atoms with Crippen LogP contribution in [0.4, 0.5) is 11.4 Å². The molecule has 10 nitrogen and oxygen atoms in total. The SMILES string of the molecule is COc1ccc(N(CC(=O)Nc2cc(S(=O)(=O)N3CCCCC3)ccc2OC)S(=O)(=O)c2ccc(C)cc2)cc1Cl. The summed E-state index contributed by atoms with van der Waals surface area (Å²) in [6, 6.07) is 14.8. The van der Waals surface area contributed by atoms with Crippen LogP contribution in [0.15, 0.2) is 70.5 Å². The van der Waals surface area contributed by atoms with E-state index in [4.69, 9.17) is 21.1 Å². The lowest BCUT2D eigenvalue weighted by Crippen LogP contribution is -2.38. The number of anilines is 2. The number of carbonyl (C=O) groups is 1. The Morgan fingerprint density at radius 2 is 1.49 bits per heavy atom. The number of methoxy groups -OCH3 is 2. The standard InChI is InChI=1S/C28H32ClN3O7S2/c1-20-7-10-22(11-8-20)41(36,37)32(21-9-13-26(38-2)24(29)17-21)19-28(33)30-25-18-23(12-14-27(25)39-3)40(34,35)31-15-5-4-6-16-31/h7-14,17-18H,4-6,15-16,19H2,1-3H3,(H,30,33). The normalized spacial score (nSPS) is 14.3. The minimum absolute atomic E-state index is 0.00145. The van der Waals surface area contributed by atoms with Crippen molar-refractivity contribution in [3.05, 3.63) is 71.2 Å². The van der Waals surface area contributed by atoms with Crippen molar-refractivity contribution in [1.29, 1.82) is 0 Å². The highest BCUT2D eigenvalue weighted by Gasteiger charge is 2.30. The van der Waals surface area contributed by atoms with Crippen LogP contribution in [0.5, 0.6) is 11.5 Å². The summed E-state index contributed by atoms with van der Waals surface area (Å²) in [5.74, 6) is -0.168. The highest BCUT2D eigenvalue weighted by atomic mass is 35.5. The van der Waals surface area contributed by atoms with Crippen molar-refractivity contribution < 1.29 is 31.1 Å². The number of benzene rings is 3. The minimum atomic E-state index is -4.22. The van der Waals surface area contributed by atoms with Crippen LogP contribution in [0.3, 0.4) is 0 Å². The molecule has 13 heteroatoms. The topological polar surface area (TPSA) is 122 Å². The number of piperidine rings is 1. The van der Waals surface area contributed by atoms with Gasteiger partial charge in [0.15, 0.2) is 0 Å². The number of nitrogens with zero attached hydrogens (tertiary/aromatic N) is 2. The van der Waals surface area contributed by atoms with Crippen LogP contribution in [-0.4, -0.2) is 60.9 Å². The summed E-state index contributed by atoms with van der Waals surface area (Å²) < 4.78 is 66.9. The molecule has 220 valence electrons. The van der Waals surface area contributed by atoms with Crippen molar-refractivity contribution in [2.45, 2.75) is 36.0 Å². The molecular weight excluding hydrogens is 590 g/mol. The van der Waals surface area contributed by atoms with Crippen LogP contribution < -0.4 is 19.1 Å². The first-order chi connectivity index (χ1) is 19.5. The summed E-state index contributed by atoms with van der Waals surface area (Å²) in [4.78, 5) is 13.4. The summed E-state index contributed by atoms with van der Waals surface area (Å²) in [6.07, 6.45) is 2.52. The third-order valence-electron chi connectivity index (χ3n) is 6.72. The Morgan fingerprint density at radius 1 is 0.878 bits per heavy atom. The molecule has 1 fully saturated rings. The Hall–Kier alpha value is -3.32. The minimum Gasteiger partial charge on any atom is -0.495 e. The Labute approximate surface area is 245 Å². The highest BCUT2D eigenvalue weighted by molar-refractivity contribution is 7.92. The van der Waals surface area contributed by atoms with E-state index in [1.807, 2.05) is 6.92 Å². The first-order valence-electron chi connectivity index (χ1n) is 12.9. The quantitative estimate of drug-likeness (QED) is 0.349. The monoisotopic (exact) mass is 621 g/mol. The second-order valence-corrected chi connectivity index (χ2v) is 13.7. The molecule has 0 saturated carbocycles. The fourth-order valence-corrected chi connectivity index (χ4v) is 7.69. The summed E-state index contributed by atoms with van der Waals surface area (Å²) in [7, 11) is -5.19. The summed E-state index contributed by atoms with van der Waals surface area (Å²) in [5, 5.41) is 2.80. The molecule has 0 aliphatic carbocycles. The van der Waals surface area contributed by atoms with Crippen LogP contribution in [-0.2, 0) is 24.8 Å². The van der Waals surface area contributed by atoms with Crippen molar-refractivity contribution in [3.8, 4) is 11.5 Å². The number of sulfonamides is 2. The third-order valence-corrected chi connectivity index (χ3v) is 10.7. The van der Waals surface area contributed by atoms with Gasteiger partial charge in [-0.25, -0.2) is 16.8 Å².